The molecule has 1 unspecified atom stereocenters. The standard InChI is InChI=1S/C16H23O2Si/c1-16(2,3)12-8-6-11-7-9-14(18-19(4)5)15(17)13(11)10-12/h6,8,10,14H,7,9H2,1-5H3. The lowest BCUT2D eigenvalue weighted by molar-refractivity contribution is 0.0760. The fraction of sp³-hybridized carbons (Fsp3) is 0.562. The van der Waals surface area contributed by atoms with Crippen LogP contribution in [-0.4, -0.2) is 20.9 Å². The highest BCUT2D eigenvalue weighted by Crippen LogP contribution is 2.29. The summed E-state index contributed by atoms with van der Waals surface area (Å²) in [4.78, 5) is 12.5. The summed E-state index contributed by atoms with van der Waals surface area (Å²) in [5, 5.41) is 0. The zero-order valence-electron chi connectivity index (χ0n) is 12.5. The van der Waals surface area contributed by atoms with E-state index in [1.165, 1.54) is 11.1 Å². The lowest BCUT2D eigenvalue weighted by Gasteiger charge is -2.27. The second kappa shape index (κ2) is 5.21. The van der Waals surface area contributed by atoms with E-state index in [9.17, 15) is 4.79 Å². The first-order chi connectivity index (χ1) is 8.79. The fourth-order valence-electron chi connectivity index (χ4n) is 2.48. The van der Waals surface area contributed by atoms with Crippen molar-refractivity contribution < 1.29 is 9.22 Å². The van der Waals surface area contributed by atoms with E-state index in [1.807, 2.05) is 0 Å². The number of hydrogen-bond donors (Lipinski definition) is 0. The molecule has 3 heteroatoms. The lowest BCUT2D eigenvalue weighted by Crippen LogP contribution is -2.34. The first-order valence-corrected chi connectivity index (χ1v) is 9.34. The predicted molar refractivity (Wildman–Crippen MR) is 80.1 cm³/mol. The van der Waals surface area contributed by atoms with Crippen LogP contribution in [0.4, 0.5) is 0 Å². The van der Waals surface area contributed by atoms with Gasteiger partial charge < -0.3 is 4.43 Å². The summed E-state index contributed by atoms with van der Waals surface area (Å²) in [5.41, 5.74) is 3.36. The lowest BCUT2D eigenvalue weighted by atomic mass is 9.81. The molecule has 0 amide bonds. The number of fused-ring (bicyclic) bond motifs is 1. The second-order valence-corrected chi connectivity index (χ2v) is 8.59. The average Bonchev–Trinajstić information content (AvgIpc) is 2.31. The quantitative estimate of drug-likeness (QED) is 0.768. The minimum Gasteiger partial charge on any atom is -0.407 e. The summed E-state index contributed by atoms with van der Waals surface area (Å²) in [6, 6.07) is 6.35. The van der Waals surface area contributed by atoms with Crippen molar-refractivity contribution in [3.63, 3.8) is 0 Å². The number of rotatable bonds is 2. The fourth-order valence-corrected chi connectivity index (χ4v) is 3.27. The summed E-state index contributed by atoms with van der Waals surface area (Å²) in [5.74, 6) is 0.179. The number of carbonyl (C=O) groups is 1. The number of carbonyl (C=O) groups excluding carboxylic acids is 1. The van der Waals surface area contributed by atoms with Crippen LogP contribution in [0.3, 0.4) is 0 Å². The van der Waals surface area contributed by atoms with E-state index in [0.29, 0.717) is 0 Å². The van der Waals surface area contributed by atoms with Crippen LogP contribution in [0.2, 0.25) is 13.1 Å². The van der Waals surface area contributed by atoms with Crippen molar-refractivity contribution in [2.24, 2.45) is 0 Å². The predicted octanol–water partition coefficient (Wildman–Crippen LogP) is 3.75. The Labute approximate surface area is 117 Å². The van der Waals surface area contributed by atoms with Crippen LogP contribution < -0.4 is 0 Å². The molecule has 1 aliphatic carbocycles. The van der Waals surface area contributed by atoms with Gasteiger partial charge in [0.05, 0.1) is 0 Å². The molecule has 0 spiro atoms. The number of Topliss-reactive ketones (excluding diaryl/α,β-unsaturated/α-hetero) is 1. The van der Waals surface area contributed by atoms with Crippen molar-refractivity contribution >= 4 is 14.8 Å². The molecule has 2 nitrogen and oxygen atoms in total. The number of aryl methyl sites for hydroxylation is 1. The highest BCUT2D eigenvalue weighted by molar-refractivity contribution is 6.48. The Hall–Kier alpha value is -0.933. The zero-order chi connectivity index (χ0) is 14.2. The Kier molecular flexibility index (Phi) is 3.97. The molecule has 1 aromatic carbocycles. The third-order valence-electron chi connectivity index (χ3n) is 3.59. The molecule has 1 aromatic rings. The van der Waals surface area contributed by atoms with Crippen molar-refractivity contribution in [2.45, 2.75) is 58.2 Å². The molecule has 0 bridgehead atoms. The van der Waals surface area contributed by atoms with Gasteiger partial charge in [-0.1, -0.05) is 32.9 Å². The monoisotopic (exact) mass is 275 g/mol. The third kappa shape index (κ3) is 3.15. The van der Waals surface area contributed by atoms with Gasteiger partial charge >= 0.3 is 0 Å². The summed E-state index contributed by atoms with van der Waals surface area (Å²) in [7, 11) is -0.827. The van der Waals surface area contributed by atoms with Crippen LogP contribution in [0, 0.1) is 0 Å². The molecule has 0 fully saturated rings. The molecule has 0 saturated heterocycles. The van der Waals surface area contributed by atoms with E-state index in [1.54, 1.807) is 0 Å². The van der Waals surface area contributed by atoms with Gasteiger partial charge in [0.1, 0.15) is 6.10 Å². The van der Waals surface area contributed by atoms with Gasteiger partial charge in [0, 0.05) is 5.56 Å². The number of hydrogen-bond acceptors (Lipinski definition) is 2. The molecule has 103 valence electrons. The van der Waals surface area contributed by atoms with Gasteiger partial charge in [-0.05, 0) is 48.5 Å². The van der Waals surface area contributed by atoms with E-state index in [2.05, 4.69) is 52.1 Å². The van der Waals surface area contributed by atoms with Crippen LogP contribution in [0.25, 0.3) is 0 Å². The van der Waals surface area contributed by atoms with Crippen LogP contribution in [0.1, 0.15) is 48.7 Å². The van der Waals surface area contributed by atoms with E-state index in [4.69, 9.17) is 4.43 Å². The molecule has 0 aliphatic heterocycles. The smallest absolute Gasteiger partial charge is 0.206 e. The topological polar surface area (TPSA) is 26.3 Å². The summed E-state index contributed by atoms with van der Waals surface area (Å²) in [6.45, 7) is 10.7. The molecule has 2 rings (SSSR count). The first kappa shape index (κ1) is 14.5. The molecule has 1 atom stereocenters. The summed E-state index contributed by atoms with van der Waals surface area (Å²) >= 11 is 0. The van der Waals surface area contributed by atoms with Crippen molar-refractivity contribution in [3.8, 4) is 0 Å². The molecule has 1 radical (unpaired) electrons. The van der Waals surface area contributed by atoms with Crippen LogP contribution in [0.15, 0.2) is 18.2 Å². The van der Waals surface area contributed by atoms with Gasteiger partial charge in [-0.15, -0.1) is 0 Å². The molecule has 19 heavy (non-hydrogen) atoms. The Morgan fingerprint density at radius 1 is 1.26 bits per heavy atom. The van der Waals surface area contributed by atoms with Crippen molar-refractivity contribution in [1.29, 1.82) is 0 Å². The van der Waals surface area contributed by atoms with E-state index in [-0.39, 0.29) is 17.3 Å². The van der Waals surface area contributed by atoms with Crippen molar-refractivity contribution in [1.82, 2.24) is 0 Å². The van der Waals surface area contributed by atoms with E-state index >= 15 is 0 Å². The molecule has 1 aliphatic rings. The molecule has 0 heterocycles. The maximum absolute atomic E-state index is 12.5. The Morgan fingerprint density at radius 3 is 2.53 bits per heavy atom. The second-order valence-electron chi connectivity index (χ2n) is 6.54. The average molecular weight is 275 g/mol. The minimum atomic E-state index is -0.827. The first-order valence-electron chi connectivity index (χ1n) is 6.93. The van der Waals surface area contributed by atoms with Gasteiger partial charge in [0.15, 0.2) is 5.78 Å². The third-order valence-corrected chi connectivity index (χ3v) is 4.34. The normalized spacial score (nSPS) is 19.7. The molecule has 0 aromatic heterocycles. The van der Waals surface area contributed by atoms with Crippen molar-refractivity contribution in [2.75, 3.05) is 0 Å². The molecule has 0 saturated carbocycles. The maximum Gasteiger partial charge on any atom is 0.206 e. The van der Waals surface area contributed by atoms with Crippen LogP contribution in [0.5, 0.6) is 0 Å². The van der Waals surface area contributed by atoms with E-state index < -0.39 is 9.04 Å². The highest BCUT2D eigenvalue weighted by Gasteiger charge is 2.29. The van der Waals surface area contributed by atoms with Gasteiger partial charge in [-0.25, -0.2) is 0 Å². The van der Waals surface area contributed by atoms with Gasteiger partial charge in [-0.3, -0.25) is 4.79 Å². The largest absolute Gasteiger partial charge is 0.407 e. The summed E-state index contributed by atoms with van der Waals surface area (Å²) < 4.78 is 5.84. The maximum atomic E-state index is 12.5. The minimum absolute atomic E-state index is 0.0770. The van der Waals surface area contributed by atoms with Crippen LogP contribution in [-0.2, 0) is 16.3 Å². The molecular formula is C16H23O2Si. The molecule has 0 N–H and O–H groups in total. The van der Waals surface area contributed by atoms with E-state index in [0.717, 1.165) is 18.4 Å². The Morgan fingerprint density at radius 2 is 1.95 bits per heavy atom. The Balaban J connectivity index is 2.33. The van der Waals surface area contributed by atoms with Gasteiger partial charge in [-0.2, -0.15) is 0 Å². The highest BCUT2D eigenvalue weighted by atomic mass is 28.3. The number of ketones is 1. The summed E-state index contributed by atoms with van der Waals surface area (Å²) in [6.07, 6.45) is 1.56. The van der Waals surface area contributed by atoms with Crippen LogP contribution >= 0.6 is 0 Å². The molecular weight excluding hydrogens is 252 g/mol. The zero-order valence-corrected chi connectivity index (χ0v) is 13.5. The van der Waals surface area contributed by atoms with Crippen molar-refractivity contribution in [3.05, 3.63) is 34.9 Å². The van der Waals surface area contributed by atoms with Gasteiger partial charge in [0.2, 0.25) is 9.04 Å². The Bertz CT molecular complexity index is 486. The SMILES string of the molecule is C[Si](C)OC1CCc2ccc(C(C)(C)C)cc2C1=O. The number of benzene rings is 1. The van der Waals surface area contributed by atoms with Gasteiger partial charge in [0.25, 0.3) is 0 Å².